The van der Waals surface area contributed by atoms with Crippen LogP contribution in [-0.2, 0) is 19.1 Å². The molecule has 10 nitrogen and oxygen atoms in total. The molecular weight excluding hydrogens is 782 g/mol. The zero-order valence-electron chi connectivity index (χ0n) is 31.4. The Labute approximate surface area is 336 Å². The van der Waals surface area contributed by atoms with Crippen LogP contribution in [0.2, 0.25) is 0 Å². The van der Waals surface area contributed by atoms with Crippen LogP contribution in [0.15, 0.2) is 120 Å². The number of nitrogens with one attached hydrogen (secondary N) is 4. The van der Waals surface area contributed by atoms with Gasteiger partial charge in [0.15, 0.2) is 0 Å². The van der Waals surface area contributed by atoms with Gasteiger partial charge in [-0.3, -0.25) is 9.59 Å². The predicted molar refractivity (Wildman–Crippen MR) is 227 cm³/mol. The Bertz CT molecular complexity index is 2860. The maximum Gasteiger partial charge on any atom is 0.407 e. The van der Waals surface area contributed by atoms with Crippen molar-refractivity contribution in [2.24, 2.45) is 0 Å². The van der Waals surface area contributed by atoms with Gasteiger partial charge in [0.05, 0.1) is 17.5 Å². The number of fused-ring (bicyclic) bond motifs is 10. The second-order valence-corrected chi connectivity index (χ2v) is 16.2. The van der Waals surface area contributed by atoms with Crippen LogP contribution in [-0.4, -0.2) is 51.2 Å². The van der Waals surface area contributed by atoms with Gasteiger partial charge in [-0.1, -0.05) is 94.8 Å². The van der Waals surface area contributed by atoms with Crippen molar-refractivity contribution in [2.45, 2.75) is 44.8 Å². The lowest BCUT2D eigenvalue weighted by Gasteiger charge is -2.23. The van der Waals surface area contributed by atoms with Crippen molar-refractivity contribution in [1.82, 2.24) is 20.3 Å². The summed E-state index contributed by atoms with van der Waals surface area (Å²) < 4.78 is 12.3. The number of alkyl carbamates (subject to hydrolysis) is 1. The summed E-state index contributed by atoms with van der Waals surface area (Å²) in [6, 6.07) is 34.6. The van der Waals surface area contributed by atoms with Gasteiger partial charge >= 0.3 is 12.1 Å². The van der Waals surface area contributed by atoms with Gasteiger partial charge in [-0.2, -0.15) is 0 Å². The Kier molecular flexibility index (Phi) is 9.04. The third-order valence-electron chi connectivity index (χ3n) is 10.4. The van der Waals surface area contributed by atoms with E-state index in [1.807, 2.05) is 91.1 Å². The van der Waals surface area contributed by atoms with Crippen molar-refractivity contribution < 1.29 is 23.9 Å². The van der Waals surface area contributed by atoms with E-state index in [0.29, 0.717) is 5.69 Å². The number of benzene rings is 6. The van der Waals surface area contributed by atoms with Gasteiger partial charge in [-0.25, -0.2) is 9.78 Å². The molecule has 2 amide bonds. The average molecular weight is 821 g/mol. The highest BCUT2D eigenvalue weighted by atomic mass is 79.9. The van der Waals surface area contributed by atoms with Crippen LogP contribution in [0.5, 0.6) is 0 Å². The van der Waals surface area contributed by atoms with E-state index in [0.717, 1.165) is 81.6 Å². The van der Waals surface area contributed by atoms with E-state index < -0.39 is 36.0 Å². The fraction of sp³-hybridized carbons (Fsp3) is 0.174. The van der Waals surface area contributed by atoms with Gasteiger partial charge in [0.2, 0.25) is 5.91 Å². The minimum atomic E-state index is -1.28. The highest BCUT2D eigenvalue weighted by Gasteiger charge is 2.31. The quantitative estimate of drug-likeness (QED) is 0.0890. The molecule has 6 aromatic carbocycles. The van der Waals surface area contributed by atoms with Crippen molar-refractivity contribution in [3.63, 3.8) is 0 Å². The van der Waals surface area contributed by atoms with E-state index >= 15 is 0 Å². The first-order chi connectivity index (χ1) is 27.5. The van der Waals surface area contributed by atoms with Crippen LogP contribution in [0.4, 0.5) is 10.5 Å². The topological polar surface area (TPSA) is 138 Å². The number of rotatable bonds is 8. The summed E-state index contributed by atoms with van der Waals surface area (Å²) in [5.41, 5.74) is 7.67. The van der Waals surface area contributed by atoms with E-state index in [2.05, 4.69) is 54.7 Å². The summed E-state index contributed by atoms with van der Waals surface area (Å²) in [4.78, 5) is 52.5. The molecule has 284 valence electrons. The molecule has 0 radical (unpaired) electrons. The molecule has 1 aliphatic carbocycles. The Balaban J connectivity index is 0.999. The number of anilines is 1. The van der Waals surface area contributed by atoms with Crippen molar-refractivity contribution in [3.8, 4) is 22.5 Å². The highest BCUT2D eigenvalue weighted by molar-refractivity contribution is 9.10. The fourth-order valence-electron chi connectivity index (χ4n) is 7.94. The zero-order chi connectivity index (χ0) is 39.4. The number of hydrogen-bond acceptors (Lipinski definition) is 6. The first-order valence-electron chi connectivity index (χ1n) is 18.8. The summed E-state index contributed by atoms with van der Waals surface area (Å²) in [6.07, 6.45) is 0.744. The molecule has 0 spiro atoms. The van der Waals surface area contributed by atoms with E-state index in [4.69, 9.17) is 14.5 Å². The zero-order valence-corrected chi connectivity index (χ0v) is 33.0. The molecule has 0 saturated heterocycles. The van der Waals surface area contributed by atoms with Crippen LogP contribution in [0.3, 0.4) is 0 Å². The van der Waals surface area contributed by atoms with Gasteiger partial charge in [0.25, 0.3) is 0 Å². The Hall–Kier alpha value is -6.46. The van der Waals surface area contributed by atoms with E-state index in [-0.39, 0.29) is 12.5 Å². The number of aromatic nitrogens is 3. The molecule has 9 rings (SSSR count). The number of esters is 1. The van der Waals surface area contributed by atoms with E-state index in [1.165, 1.54) is 0 Å². The van der Waals surface area contributed by atoms with Crippen LogP contribution in [0.1, 0.15) is 44.2 Å². The monoisotopic (exact) mass is 819 g/mol. The average Bonchev–Trinajstić information content (AvgIpc) is 3.90. The first kappa shape index (κ1) is 36.2. The van der Waals surface area contributed by atoms with Crippen LogP contribution < -0.4 is 10.6 Å². The van der Waals surface area contributed by atoms with Crippen LogP contribution in [0, 0.1) is 0 Å². The summed E-state index contributed by atoms with van der Waals surface area (Å²) in [5.74, 6) is -0.663. The second kappa shape index (κ2) is 14.2. The van der Waals surface area contributed by atoms with Crippen LogP contribution >= 0.6 is 15.9 Å². The van der Waals surface area contributed by atoms with Gasteiger partial charge in [0.1, 0.15) is 24.1 Å². The number of aromatic amines is 2. The summed E-state index contributed by atoms with van der Waals surface area (Å²) in [6.45, 7) is 5.30. The molecule has 4 N–H and O–H groups in total. The molecule has 0 fully saturated rings. The van der Waals surface area contributed by atoms with Gasteiger partial charge < -0.3 is 30.1 Å². The molecule has 1 unspecified atom stereocenters. The number of carbonyl (C=O) groups excluding carboxylic acids is 3. The molecule has 1 aliphatic rings. The summed E-state index contributed by atoms with van der Waals surface area (Å²) in [5, 5.41) is 10.4. The minimum absolute atomic E-state index is 0.0556. The van der Waals surface area contributed by atoms with Crippen LogP contribution in [0.25, 0.3) is 66.0 Å². The first-order valence-corrected chi connectivity index (χ1v) is 19.6. The lowest BCUT2D eigenvalue weighted by molar-refractivity contribution is -0.156. The number of hydrogen-bond donors (Lipinski definition) is 4. The maximum absolute atomic E-state index is 14.0. The molecule has 2 aromatic heterocycles. The Morgan fingerprint density at radius 1 is 0.789 bits per heavy atom. The highest BCUT2D eigenvalue weighted by Crippen LogP contribution is 2.44. The molecular formula is C46H38BrN5O5. The molecule has 0 aliphatic heterocycles. The van der Waals surface area contributed by atoms with E-state index in [1.54, 1.807) is 26.8 Å². The lowest BCUT2D eigenvalue weighted by atomic mass is 9.98. The Morgan fingerprint density at radius 3 is 2.23 bits per heavy atom. The Morgan fingerprint density at radius 2 is 1.49 bits per heavy atom. The number of ether oxygens (including phenoxy) is 2. The smallest absolute Gasteiger partial charge is 0.407 e. The molecule has 0 saturated carbocycles. The SMILES string of the molecule is CC(C)(C)OC(=O)CC(NC(=O)OCC1c2ccccc2-c2ccccc21)C(=O)Nc1ccc2c(c1)c1ccccc1c1nc(-c3c[nH]c4ccc(Br)cc34)[nH]c21. The second-order valence-electron chi connectivity index (χ2n) is 15.3. The lowest BCUT2D eigenvalue weighted by Crippen LogP contribution is -2.46. The fourth-order valence-corrected chi connectivity index (χ4v) is 8.30. The van der Waals surface area contributed by atoms with Crippen molar-refractivity contribution in [3.05, 3.63) is 131 Å². The largest absolute Gasteiger partial charge is 0.460 e. The number of amides is 2. The molecule has 8 aromatic rings. The minimum Gasteiger partial charge on any atom is -0.460 e. The molecule has 57 heavy (non-hydrogen) atoms. The molecule has 0 bridgehead atoms. The summed E-state index contributed by atoms with van der Waals surface area (Å²) >= 11 is 3.60. The maximum atomic E-state index is 14.0. The molecule has 11 heteroatoms. The number of nitrogens with zero attached hydrogens (tertiary/aromatic N) is 1. The summed E-state index contributed by atoms with van der Waals surface area (Å²) in [7, 11) is 0. The van der Waals surface area contributed by atoms with Gasteiger partial charge in [-0.15, -0.1) is 0 Å². The molecule has 2 heterocycles. The van der Waals surface area contributed by atoms with E-state index in [9.17, 15) is 14.4 Å². The predicted octanol–water partition coefficient (Wildman–Crippen LogP) is 10.4. The number of H-pyrrole nitrogens is 2. The van der Waals surface area contributed by atoms with Crippen molar-refractivity contribution in [2.75, 3.05) is 11.9 Å². The third kappa shape index (κ3) is 6.88. The number of imidazole rings is 1. The van der Waals surface area contributed by atoms with Gasteiger partial charge in [0, 0.05) is 49.5 Å². The number of halogens is 1. The normalized spacial score (nSPS) is 13.1. The standard InChI is InChI=1S/C46H38BrN5O5/c1-46(2,3)57-40(53)22-39(50-45(55)56-24-37-29-12-6-4-10-27(29)28-11-5-7-13-30(28)37)44(54)49-26-17-18-33-34(21-26)31-14-8-9-15-32(31)41-42(33)52-43(51-41)36-23-48-38-19-16-25(47)20-35(36)38/h4-21,23,37,39,48H,22,24H2,1-3H3,(H,49,54)(H,50,55)(H,51,52). The van der Waals surface area contributed by atoms with Crippen molar-refractivity contribution in [1.29, 1.82) is 0 Å². The molecule has 1 atom stereocenters. The van der Waals surface area contributed by atoms with Gasteiger partial charge in [-0.05, 0) is 84.1 Å². The van der Waals surface area contributed by atoms with Crippen molar-refractivity contribution >= 4 is 83.1 Å². The third-order valence-corrected chi connectivity index (χ3v) is 10.9. The number of carbonyl (C=O) groups is 3.